The minimum atomic E-state index is -0.918. The number of amides is 1. The van der Waals surface area contributed by atoms with Crippen LogP contribution in [0.3, 0.4) is 0 Å². The minimum Gasteiger partial charge on any atom is -0.489 e. The summed E-state index contributed by atoms with van der Waals surface area (Å²) < 4.78 is 16.2. The van der Waals surface area contributed by atoms with Crippen molar-refractivity contribution in [2.24, 2.45) is 0 Å². The lowest BCUT2D eigenvalue weighted by Gasteiger charge is -2.21. The molecule has 3 rings (SSSR count). The first-order chi connectivity index (χ1) is 14.4. The zero-order chi connectivity index (χ0) is 21.7. The quantitative estimate of drug-likeness (QED) is 0.548. The van der Waals surface area contributed by atoms with E-state index in [9.17, 15) is 9.59 Å². The van der Waals surface area contributed by atoms with Gasteiger partial charge in [0.25, 0.3) is 5.91 Å². The number of para-hydroxylation sites is 1. The molecular formula is C23H24N2O5. The average molecular weight is 408 g/mol. The lowest BCUT2D eigenvalue weighted by Crippen LogP contribution is -2.37. The molecule has 0 saturated carbocycles. The van der Waals surface area contributed by atoms with E-state index in [1.54, 1.807) is 38.2 Å². The van der Waals surface area contributed by atoms with Crippen LogP contribution in [0.5, 0.6) is 5.75 Å². The van der Waals surface area contributed by atoms with Gasteiger partial charge in [-0.15, -0.1) is 0 Å². The van der Waals surface area contributed by atoms with Gasteiger partial charge in [0, 0.05) is 12.7 Å². The molecule has 30 heavy (non-hydrogen) atoms. The Hall–Kier alpha value is -3.61. The maximum atomic E-state index is 12.5. The summed E-state index contributed by atoms with van der Waals surface area (Å²) in [7, 11) is 1.65. The van der Waals surface area contributed by atoms with Crippen LogP contribution in [0.15, 0.2) is 59.1 Å². The van der Waals surface area contributed by atoms with Gasteiger partial charge < -0.3 is 18.9 Å². The molecule has 0 bridgehead atoms. The van der Waals surface area contributed by atoms with Gasteiger partial charge in [-0.05, 0) is 57.2 Å². The molecule has 3 aromatic rings. The highest BCUT2D eigenvalue weighted by Gasteiger charge is 2.23. The molecule has 7 nitrogen and oxygen atoms in total. The van der Waals surface area contributed by atoms with Crippen LogP contribution in [0.1, 0.15) is 34.3 Å². The topological polar surface area (TPSA) is 81.9 Å². The number of benzene rings is 2. The molecule has 1 heterocycles. The molecule has 156 valence electrons. The standard InChI is InChI=1S/C23H24N2O5/c1-15-21(16(2)30-24-15)14-28-20-12-10-18(11-13-20)23(27)29-17(3)22(26)25(4)19-8-6-5-7-9-19/h5-13,17H,14H2,1-4H3. The number of rotatable bonds is 7. The minimum absolute atomic E-state index is 0.311. The van der Waals surface area contributed by atoms with Gasteiger partial charge in [0.15, 0.2) is 6.10 Å². The molecular weight excluding hydrogens is 384 g/mol. The zero-order valence-electron chi connectivity index (χ0n) is 17.4. The third kappa shape index (κ3) is 4.86. The van der Waals surface area contributed by atoms with Crippen LogP contribution in [-0.2, 0) is 16.1 Å². The van der Waals surface area contributed by atoms with Gasteiger partial charge in [-0.1, -0.05) is 23.4 Å². The summed E-state index contributed by atoms with van der Waals surface area (Å²) in [5, 5.41) is 3.89. The fraction of sp³-hybridized carbons (Fsp3) is 0.261. The number of ether oxygens (including phenoxy) is 2. The third-order valence-electron chi connectivity index (χ3n) is 4.76. The fourth-order valence-electron chi connectivity index (χ4n) is 2.88. The second-order valence-electron chi connectivity index (χ2n) is 6.90. The summed E-state index contributed by atoms with van der Waals surface area (Å²) >= 11 is 0. The van der Waals surface area contributed by atoms with Crippen molar-refractivity contribution in [1.82, 2.24) is 5.16 Å². The molecule has 1 aromatic heterocycles. The first-order valence-corrected chi connectivity index (χ1v) is 9.55. The van der Waals surface area contributed by atoms with Crippen molar-refractivity contribution in [3.05, 3.63) is 77.2 Å². The summed E-state index contributed by atoms with van der Waals surface area (Å²) in [6, 6.07) is 15.7. The van der Waals surface area contributed by atoms with Gasteiger partial charge in [0.1, 0.15) is 18.1 Å². The Morgan fingerprint density at radius 2 is 1.73 bits per heavy atom. The Bertz CT molecular complexity index is 992. The Balaban J connectivity index is 1.57. The van der Waals surface area contributed by atoms with Gasteiger partial charge in [0.05, 0.1) is 16.8 Å². The largest absolute Gasteiger partial charge is 0.489 e. The Morgan fingerprint density at radius 1 is 1.07 bits per heavy atom. The Labute approximate surface area is 175 Å². The Morgan fingerprint density at radius 3 is 2.33 bits per heavy atom. The average Bonchev–Trinajstić information content (AvgIpc) is 3.09. The molecule has 0 fully saturated rings. The van der Waals surface area contributed by atoms with Crippen molar-refractivity contribution in [3.8, 4) is 5.75 Å². The van der Waals surface area contributed by atoms with E-state index in [4.69, 9.17) is 14.0 Å². The molecule has 0 aliphatic carbocycles. The van der Waals surface area contributed by atoms with Gasteiger partial charge in [0.2, 0.25) is 0 Å². The molecule has 1 unspecified atom stereocenters. The number of likely N-dealkylation sites (N-methyl/N-ethyl adjacent to an activating group) is 1. The Kier molecular flexibility index (Phi) is 6.51. The van der Waals surface area contributed by atoms with E-state index >= 15 is 0 Å². The van der Waals surface area contributed by atoms with Crippen LogP contribution in [-0.4, -0.2) is 30.2 Å². The molecule has 0 aliphatic rings. The highest BCUT2D eigenvalue weighted by Crippen LogP contribution is 2.19. The maximum Gasteiger partial charge on any atom is 0.338 e. The van der Waals surface area contributed by atoms with Crippen molar-refractivity contribution < 1.29 is 23.6 Å². The maximum absolute atomic E-state index is 12.5. The second kappa shape index (κ2) is 9.26. The summed E-state index contributed by atoms with van der Waals surface area (Å²) in [5.74, 6) is 0.426. The number of hydrogen-bond acceptors (Lipinski definition) is 6. The van der Waals surface area contributed by atoms with E-state index in [-0.39, 0.29) is 5.91 Å². The highest BCUT2D eigenvalue weighted by molar-refractivity contribution is 5.98. The normalized spacial score (nSPS) is 11.6. The van der Waals surface area contributed by atoms with Crippen LogP contribution in [0.2, 0.25) is 0 Å². The van der Waals surface area contributed by atoms with Crippen molar-refractivity contribution in [2.45, 2.75) is 33.5 Å². The van der Waals surface area contributed by atoms with Crippen molar-refractivity contribution in [2.75, 3.05) is 11.9 Å². The van der Waals surface area contributed by atoms with E-state index in [0.717, 1.165) is 16.9 Å². The summed E-state index contributed by atoms with van der Waals surface area (Å²) in [5.41, 5.74) is 2.74. The third-order valence-corrected chi connectivity index (χ3v) is 4.76. The van der Waals surface area contributed by atoms with Crippen LogP contribution in [0.4, 0.5) is 5.69 Å². The first kappa shape index (κ1) is 21.1. The van der Waals surface area contributed by atoms with Crippen molar-refractivity contribution in [3.63, 3.8) is 0 Å². The SMILES string of the molecule is Cc1noc(C)c1COc1ccc(C(=O)OC(C)C(=O)N(C)c2ccccc2)cc1. The zero-order valence-corrected chi connectivity index (χ0v) is 17.4. The number of aryl methyl sites for hydroxylation is 2. The van der Waals surface area contributed by atoms with Gasteiger partial charge in [-0.2, -0.15) is 0 Å². The van der Waals surface area contributed by atoms with Crippen LogP contribution in [0, 0.1) is 13.8 Å². The summed E-state index contributed by atoms with van der Waals surface area (Å²) in [4.78, 5) is 26.4. The van der Waals surface area contributed by atoms with E-state index in [1.807, 2.05) is 44.2 Å². The number of hydrogen-bond donors (Lipinski definition) is 0. The number of esters is 1. The van der Waals surface area contributed by atoms with E-state index in [2.05, 4.69) is 5.16 Å². The molecule has 0 saturated heterocycles. The number of carbonyl (C=O) groups is 2. The van der Waals surface area contributed by atoms with Crippen LogP contribution in [0.25, 0.3) is 0 Å². The lowest BCUT2D eigenvalue weighted by molar-refractivity contribution is -0.126. The van der Waals surface area contributed by atoms with Gasteiger partial charge >= 0.3 is 5.97 Å². The molecule has 0 radical (unpaired) electrons. The van der Waals surface area contributed by atoms with Gasteiger partial charge in [-0.3, -0.25) is 4.79 Å². The predicted molar refractivity (Wildman–Crippen MR) is 111 cm³/mol. The summed E-state index contributed by atoms with van der Waals surface area (Å²) in [6.07, 6.45) is -0.918. The number of nitrogens with zero attached hydrogens (tertiary/aromatic N) is 2. The van der Waals surface area contributed by atoms with E-state index in [0.29, 0.717) is 23.7 Å². The van der Waals surface area contributed by atoms with Crippen molar-refractivity contribution >= 4 is 17.6 Å². The molecule has 0 aliphatic heterocycles. The number of carbonyl (C=O) groups excluding carboxylic acids is 2. The van der Waals surface area contributed by atoms with E-state index < -0.39 is 12.1 Å². The summed E-state index contributed by atoms with van der Waals surface area (Å²) in [6.45, 7) is 5.56. The smallest absolute Gasteiger partial charge is 0.338 e. The van der Waals surface area contributed by atoms with Crippen LogP contribution >= 0.6 is 0 Å². The monoisotopic (exact) mass is 408 g/mol. The molecule has 0 spiro atoms. The molecule has 0 N–H and O–H groups in total. The molecule has 1 atom stereocenters. The number of anilines is 1. The molecule has 2 aromatic carbocycles. The molecule has 1 amide bonds. The fourth-order valence-corrected chi connectivity index (χ4v) is 2.88. The first-order valence-electron chi connectivity index (χ1n) is 9.55. The highest BCUT2D eigenvalue weighted by atomic mass is 16.5. The van der Waals surface area contributed by atoms with Crippen molar-refractivity contribution in [1.29, 1.82) is 0 Å². The number of aromatic nitrogens is 1. The lowest BCUT2D eigenvalue weighted by atomic mass is 10.2. The molecule has 7 heteroatoms. The van der Waals surface area contributed by atoms with Crippen LogP contribution < -0.4 is 9.64 Å². The van der Waals surface area contributed by atoms with E-state index in [1.165, 1.54) is 4.90 Å². The predicted octanol–water partition coefficient (Wildman–Crippen LogP) is 4.08. The van der Waals surface area contributed by atoms with Gasteiger partial charge in [-0.25, -0.2) is 4.79 Å². The second-order valence-corrected chi connectivity index (χ2v) is 6.90.